The first kappa shape index (κ1) is 25.1. The molecule has 0 unspecified atom stereocenters. The standard InChI is InChI=1S/C27H31F4N3O2/c28-23-5-1-19(2-6-23)20-8-11-34(12-9-20)24-7-10-26(36-17-24,21-3-4-21)25(35)33-15-18-13-22(16-32-14-18)27(29,30)31/h1-2,5-6,13-14,16,20-21,24H,3-4,7-12,15,17H2,(H,33,35)/t24-,26+/m1/s1. The fourth-order valence-electron chi connectivity index (χ4n) is 5.71. The highest BCUT2D eigenvalue weighted by Crippen LogP contribution is 2.47. The number of pyridine rings is 1. The lowest BCUT2D eigenvalue weighted by Crippen LogP contribution is -2.57. The van der Waals surface area contributed by atoms with Crippen molar-refractivity contribution < 1.29 is 27.1 Å². The van der Waals surface area contributed by atoms with E-state index < -0.39 is 17.3 Å². The van der Waals surface area contributed by atoms with Crippen molar-refractivity contribution in [3.8, 4) is 0 Å². The molecule has 1 aromatic heterocycles. The minimum absolute atomic E-state index is 0.0199. The Kier molecular flexibility index (Phi) is 7.05. The summed E-state index contributed by atoms with van der Waals surface area (Å²) >= 11 is 0. The number of ether oxygens (including phenoxy) is 1. The molecule has 3 fully saturated rings. The SMILES string of the molecule is O=C(NCc1cncc(C(F)(F)F)c1)[C@@]1(C2CC2)CC[C@@H](N2CCC(c3ccc(F)cc3)CC2)CO1. The van der Waals surface area contributed by atoms with E-state index in [1.807, 2.05) is 12.1 Å². The number of aromatic nitrogens is 1. The van der Waals surface area contributed by atoms with Gasteiger partial charge < -0.3 is 10.1 Å². The molecule has 3 aliphatic rings. The molecule has 36 heavy (non-hydrogen) atoms. The lowest BCUT2D eigenvalue weighted by Gasteiger charge is -2.45. The predicted octanol–water partition coefficient (Wildman–Crippen LogP) is 5.06. The van der Waals surface area contributed by atoms with Crippen molar-refractivity contribution in [3.05, 3.63) is 65.2 Å². The molecule has 5 nitrogen and oxygen atoms in total. The van der Waals surface area contributed by atoms with Crippen LogP contribution in [0.3, 0.4) is 0 Å². The Hall–Kier alpha value is -2.52. The van der Waals surface area contributed by atoms with Crippen LogP contribution in [0.5, 0.6) is 0 Å². The molecule has 1 saturated carbocycles. The van der Waals surface area contributed by atoms with E-state index in [-0.39, 0.29) is 30.2 Å². The van der Waals surface area contributed by atoms with Crippen molar-refractivity contribution >= 4 is 5.91 Å². The summed E-state index contributed by atoms with van der Waals surface area (Å²) in [5, 5.41) is 2.82. The second kappa shape index (κ2) is 10.1. The van der Waals surface area contributed by atoms with Gasteiger partial charge in [-0.05, 0) is 92.8 Å². The van der Waals surface area contributed by atoms with Gasteiger partial charge in [0.25, 0.3) is 5.91 Å². The first-order valence-electron chi connectivity index (χ1n) is 12.7. The summed E-state index contributed by atoms with van der Waals surface area (Å²) in [5.74, 6) is 0.122. The van der Waals surface area contributed by atoms with Crippen LogP contribution in [-0.4, -0.2) is 47.1 Å². The average Bonchev–Trinajstić information content (AvgIpc) is 3.74. The zero-order valence-corrected chi connectivity index (χ0v) is 20.1. The zero-order valence-electron chi connectivity index (χ0n) is 20.1. The number of piperidine rings is 1. The maximum Gasteiger partial charge on any atom is 0.417 e. The van der Waals surface area contributed by atoms with Gasteiger partial charge in [-0.1, -0.05) is 12.1 Å². The maximum absolute atomic E-state index is 13.2. The minimum Gasteiger partial charge on any atom is -0.363 e. The quantitative estimate of drug-likeness (QED) is 0.558. The smallest absolute Gasteiger partial charge is 0.363 e. The van der Waals surface area contributed by atoms with E-state index >= 15 is 0 Å². The van der Waals surface area contributed by atoms with Crippen LogP contribution >= 0.6 is 0 Å². The largest absolute Gasteiger partial charge is 0.417 e. The number of nitrogens with one attached hydrogen (secondary N) is 1. The van der Waals surface area contributed by atoms with E-state index in [1.54, 1.807) is 0 Å². The third kappa shape index (κ3) is 5.42. The van der Waals surface area contributed by atoms with E-state index in [0.717, 1.165) is 57.5 Å². The number of alkyl halides is 3. The van der Waals surface area contributed by atoms with Crippen LogP contribution in [-0.2, 0) is 22.3 Å². The molecule has 2 saturated heterocycles. The molecule has 1 N–H and O–H groups in total. The second-order valence-corrected chi connectivity index (χ2v) is 10.3. The average molecular weight is 506 g/mol. The Bertz CT molecular complexity index is 1060. The molecular formula is C27H31F4N3O2. The predicted molar refractivity (Wildman–Crippen MR) is 125 cm³/mol. The molecule has 9 heteroatoms. The molecule has 194 valence electrons. The van der Waals surface area contributed by atoms with Crippen LogP contribution in [0.4, 0.5) is 17.6 Å². The summed E-state index contributed by atoms with van der Waals surface area (Å²) in [5.41, 5.74) is -0.248. The van der Waals surface area contributed by atoms with E-state index in [2.05, 4.69) is 15.2 Å². The molecule has 0 spiro atoms. The highest BCUT2D eigenvalue weighted by atomic mass is 19.4. The zero-order chi connectivity index (χ0) is 25.3. The minimum atomic E-state index is -4.47. The second-order valence-electron chi connectivity index (χ2n) is 10.3. The Balaban J connectivity index is 1.15. The van der Waals surface area contributed by atoms with Crippen LogP contribution in [0.1, 0.15) is 61.1 Å². The van der Waals surface area contributed by atoms with Gasteiger partial charge in [-0.15, -0.1) is 0 Å². The van der Waals surface area contributed by atoms with Crippen LogP contribution < -0.4 is 5.32 Å². The maximum atomic E-state index is 13.2. The summed E-state index contributed by atoms with van der Waals surface area (Å²) in [7, 11) is 0. The molecule has 1 amide bonds. The number of likely N-dealkylation sites (tertiary alicyclic amines) is 1. The normalized spacial score (nSPS) is 26.1. The van der Waals surface area contributed by atoms with E-state index in [4.69, 9.17) is 4.74 Å². The van der Waals surface area contributed by atoms with Gasteiger partial charge >= 0.3 is 6.18 Å². The van der Waals surface area contributed by atoms with Gasteiger partial charge in [0.1, 0.15) is 11.4 Å². The molecule has 0 radical (unpaired) electrons. The fourth-order valence-corrected chi connectivity index (χ4v) is 5.71. The lowest BCUT2D eigenvalue weighted by molar-refractivity contribution is -0.165. The van der Waals surface area contributed by atoms with Gasteiger partial charge in [-0.3, -0.25) is 14.7 Å². The summed E-state index contributed by atoms with van der Waals surface area (Å²) in [4.78, 5) is 19.3. The molecule has 0 bridgehead atoms. The van der Waals surface area contributed by atoms with Crippen molar-refractivity contribution in [2.75, 3.05) is 19.7 Å². The van der Waals surface area contributed by atoms with E-state index in [0.29, 0.717) is 24.5 Å². The molecule has 1 aliphatic carbocycles. The monoisotopic (exact) mass is 505 g/mol. The number of benzene rings is 1. The molecule has 2 aromatic rings. The Morgan fingerprint density at radius 2 is 1.81 bits per heavy atom. The number of hydrogen-bond acceptors (Lipinski definition) is 4. The highest BCUT2D eigenvalue weighted by Gasteiger charge is 2.54. The van der Waals surface area contributed by atoms with Crippen molar-refractivity contribution in [2.45, 2.75) is 68.8 Å². The van der Waals surface area contributed by atoms with Gasteiger partial charge in [-0.25, -0.2) is 4.39 Å². The number of amides is 1. The Morgan fingerprint density at radius 1 is 1.08 bits per heavy atom. The van der Waals surface area contributed by atoms with E-state index in [9.17, 15) is 22.4 Å². The highest BCUT2D eigenvalue weighted by molar-refractivity contribution is 5.86. The number of rotatable bonds is 6. The van der Waals surface area contributed by atoms with Crippen molar-refractivity contribution in [1.82, 2.24) is 15.2 Å². The molecule has 1 aromatic carbocycles. The third-order valence-corrected chi connectivity index (χ3v) is 7.97. The Morgan fingerprint density at radius 3 is 2.42 bits per heavy atom. The lowest BCUT2D eigenvalue weighted by atomic mass is 9.84. The van der Waals surface area contributed by atoms with Gasteiger partial charge in [0.2, 0.25) is 0 Å². The van der Waals surface area contributed by atoms with Crippen molar-refractivity contribution in [1.29, 1.82) is 0 Å². The summed E-state index contributed by atoms with van der Waals surface area (Å²) in [6.45, 7) is 2.31. The summed E-state index contributed by atoms with van der Waals surface area (Å²) in [6, 6.07) is 8.04. The number of nitrogens with zero attached hydrogens (tertiary/aromatic N) is 2. The van der Waals surface area contributed by atoms with Gasteiger partial charge in [0.15, 0.2) is 0 Å². The third-order valence-electron chi connectivity index (χ3n) is 7.97. The summed E-state index contributed by atoms with van der Waals surface area (Å²) < 4.78 is 58.5. The van der Waals surface area contributed by atoms with Crippen LogP contribution in [0.15, 0.2) is 42.7 Å². The Labute approximate surface area is 208 Å². The summed E-state index contributed by atoms with van der Waals surface area (Å²) in [6.07, 6.45) is 2.94. The van der Waals surface area contributed by atoms with E-state index in [1.165, 1.54) is 23.9 Å². The van der Waals surface area contributed by atoms with Crippen LogP contribution in [0.2, 0.25) is 0 Å². The fraction of sp³-hybridized carbons (Fsp3) is 0.556. The molecule has 2 atom stereocenters. The van der Waals surface area contributed by atoms with Crippen LogP contribution in [0, 0.1) is 11.7 Å². The number of carbonyl (C=O) groups excluding carboxylic acids is 1. The van der Waals surface area contributed by atoms with Crippen molar-refractivity contribution in [2.24, 2.45) is 5.92 Å². The van der Waals surface area contributed by atoms with Crippen LogP contribution in [0.25, 0.3) is 0 Å². The molecule has 3 heterocycles. The molecule has 5 rings (SSSR count). The van der Waals surface area contributed by atoms with Gasteiger partial charge in [0, 0.05) is 25.0 Å². The van der Waals surface area contributed by atoms with Crippen molar-refractivity contribution in [3.63, 3.8) is 0 Å². The molecule has 2 aliphatic heterocycles. The number of halogens is 4. The van der Waals surface area contributed by atoms with Gasteiger partial charge in [0.05, 0.1) is 12.2 Å². The molecular weight excluding hydrogens is 474 g/mol. The first-order chi connectivity index (χ1) is 17.2. The number of carbonyl (C=O) groups is 1. The number of hydrogen-bond donors (Lipinski definition) is 1. The first-order valence-corrected chi connectivity index (χ1v) is 12.7. The topological polar surface area (TPSA) is 54.5 Å². The van der Waals surface area contributed by atoms with Gasteiger partial charge in [-0.2, -0.15) is 13.2 Å².